The molecule has 1 aromatic rings. The minimum atomic E-state index is -1.19. The number of carbonyl (C=O) groups excluding carboxylic acids is 1. The van der Waals surface area contributed by atoms with Gasteiger partial charge < -0.3 is 20.3 Å². The van der Waals surface area contributed by atoms with E-state index in [-0.39, 0.29) is 12.2 Å². The van der Waals surface area contributed by atoms with Crippen LogP contribution in [0.25, 0.3) is 0 Å². The fraction of sp³-hybridized carbons (Fsp3) is 0.385. The van der Waals surface area contributed by atoms with Gasteiger partial charge in [0, 0.05) is 18.4 Å². The van der Waals surface area contributed by atoms with Crippen LogP contribution in [0.4, 0.5) is 0 Å². The molecule has 0 aromatic heterocycles. The lowest BCUT2D eigenvalue weighted by molar-refractivity contribution is -0.138. The van der Waals surface area contributed by atoms with Gasteiger partial charge >= 0.3 is 5.97 Å². The van der Waals surface area contributed by atoms with E-state index in [0.29, 0.717) is 30.3 Å². The van der Waals surface area contributed by atoms with E-state index in [1.165, 1.54) is 0 Å². The lowest BCUT2D eigenvalue weighted by Crippen LogP contribution is -2.32. The Morgan fingerprint density at radius 2 is 1.95 bits per heavy atom. The minimum absolute atomic E-state index is 0.241. The Balaban J connectivity index is 2.15. The summed E-state index contributed by atoms with van der Waals surface area (Å²) in [5.41, 5.74) is 5.72. The number of carbonyl (C=O) groups is 2. The molecule has 0 aliphatic carbocycles. The van der Waals surface area contributed by atoms with Gasteiger partial charge in [-0.05, 0) is 18.2 Å². The summed E-state index contributed by atoms with van der Waals surface area (Å²) < 4.78 is 10.9. The Morgan fingerprint density at radius 1 is 1.26 bits per heavy atom. The number of hydrogen-bond acceptors (Lipinski definition) is 5. The first-order valence-corrected chi connectivity index (χ1v) is 5.99. The second kappa shape index (κ2) is 5.71. The van der Waals surface area contributed by atoms with Gasteiger partial charge in [-0.3, -0.25) is 9.59 Å². The van der Waals surface area contributed by atoms with Gasteiger partial charge in [0.25, 0.3) is 0 Å². The van der Waals surface area contributed by atoms with Crippen LogP contribution in [0.15, 0.2) is 18.2 Å². The third-order valence-corrected chi connectivity index (χ3v) is 2.79. The van der Waals surface area contributed by atoms with E-state index < -0.39 is 12.0 Å². The van der Waals surface area contributed by atoms with Crippen LogP contribution in [0.5, 0.6) is 11.5 Å². The van der Waals surface area contributed by atoms with Crippen molar-refractivity contribution in [2.75, 3.05) is 13.2 Å². The largest absolute Gasteiger partial charge is 0.490 e. The van der Waals surface area contributed by atoms with Gasteiger partial charge in [-0.2, -0.15) is 0 Å². The Kier molecular flexibility index (Phi) is 4.01. The second-order valence-electron chi connectivity index (χ2n) is 4.28. The summed E-state index contributed by atoms with van der Waals surface area (Å²) in [6.45, 7) is 1.10. The van der Waals surface area contributed by atoms with Gasteiger partial charge in [0.15, 0.2) is 17.3 Å². The van der Waals surface area contributed by atoms with Crippen molar-refractivity contribution < 1.29 is 24.2 Å². The summed E-state index contributed by atoms with van der Waals surface area (Å²) in [6.07, 6.45) is 0.539. The zero-order valence-electron chi connectivity index (χ0n) is 10.3. The van der Waals surface area contributed by atoms with Crippen LogP contribution in [0.2, 0.25) is 0 Å². The molecule has 102 valence electrons. The molecule has 0 saturated carbocycles. The standard InChI is InChI=1S/C13H15NO5/c14-9(13(16)17)7-10(15)8-2-3-11-12(6-8)19-5-1-4-18-11/h2-3,6,9H,1,4-5,7,14H2,(H,16,17)/t9-/m1/s1. The molecule has 0 amide bonds. The molecule has 6 nitrogen and oxygen atoms in total. The molecule has 1 aliphatic heterocycles. The van der Waals surface area contributed by atoms with Crippen LogP contribution in [-0.2, 0) is 4.79 Å². The van der Waals surface area contributed by atoms with E-state index in [1.54, 1.807) is 18.2 Å². The van der Waals surface area contributed by atoms with Gasteiger partial charge in [-0.1, -0.05) is 0 Å². The van der Waals surface area contributed by atoms with E-state index in [4.69, 9.17) is 20.3 Å². The first-order valence-electron chi connectivity index (χ1n) is 5.99. The molecule has 2 rings (SSSR count). The molecule has 3 N–H and O–H groups in total. The molecule has 6 heteroatoms. The predicted molar refractivity (Wildman–Crippen MR) is 66.6 cm³/mol. The molecular formula is C13H15NO5. The molecule has 1 aliphatic rings. The number of rotatable bonds is 4. The summed E-state index contributed by atoms with van der Waals surface area (Å²) >= 11 is 0. The highest BCUT2D eigenvalue weighted by Crippen LogP contribution is 2.30. The molecule has 0 unspecified atom stereocenters. The Labute approximate surface area is 110 Å². The molecule has 0 saturated heterocycles. The van der Waals surface area contributed by atoms with Crippen molar-refractivity contribution in [2.24, 2.45) is 5.73 Å². The predicted octanol–water partition coefficient (Wildman–Crippen LogP) is 0.833. The van der Waals surface area contributed by atoms with Crippen molar-refractivity contribution in [2.45, 2.75) is 18.9 Å². The van der Waals surface area contributed by atoms with E-state index >= 15 is 0 Å². The molecular weight excluding hydrogens is 250 g/mol. The van der Waals surface area contributed by atoms with Gasteiger partial charge in [-0.15, -0.1) is 0 Å². The third-order valence-electron chi connectivity index (χ3n) is 2.79. The number of nitrogens with two attached hydrogens (primary N) is 1. The zero-order chi connectivity index (χ0) is 13.8. The van der Waals surface area contributed by atoms with E-state index in [9.17, 15) is 9.59 Å². The van der Waals surface area contributed by atoms with Crippen molar-refractivity contribution in [3.8, 4) is 11.5 Å². The number of ether oxygens (including phenoxy) is 2. The monoisotopic (exact) mass is 265 g/mol. The molecule has 0 bridgehead atoms. The number of Topliss-reactive ketones (excluding diaryl/α,β-unsaturated/α-hetero) is 1. The minimum Gasteiger partial charge on any atom is -0.490 e. The van der Waals surface area contributed by atoms with Gasteiger partial charge in [0.05, 0.1) is 13.2 Å². The molecule has 0 radical (unpaired) electrons. The molecule has 0 spiro atoms. The Bertz CT molecular complexity index is 500. The average molecular weight is 265 g/mol. The highest BCUT2D eigenvalue weighted by Gasteiger charge is 2.19. The van der Waals surface area contributed by atoms with Crippen molar-refractivity contribution in [1.82, 2.24) is 0 Å². The van der Waals surface area contributed by atoms with E-state index in [0.717, 1.165) is 6.42 Å². The molecule has 1 aromatic carbocycles. The van der Waals surface area contributed by atoms with Gasteiger partial charge in [0.1, 0.15) is 6.04 Å². The summed E-state index contributed by atoms with van der Waals surface area (Å²) in [7, 11) is 0. The fourth-order valence-electron chi connectivity index (χ4n) is 1.74. The Hall–Kier alpha value is -2.08. The van der Waals surface area contributed by atoms with Gasteiger partial charge in [0.2, 0.25) is 0 Å². The van der Waals surface area contributed by atoms with Crippen molar-refractivity contribution in [3.05, 3.63) is 23.8 Å². The van der Waals surface area contributed by atoms with Gasteiger partial charge in [-0.25, -0.2) is 0 Å². The first-order chi connectivity index (χ1) is 9.08. The summed E-state index contributed by atoms with van der Waals surface area (Å²) in [4.78, 5) is 22.5. The Morgan fingerprint density at radius 3 is 2.63 bits per heavy atom. The average Bonchev–Trinajstić information content (AvgIpc) is 2.62. The lowest BCUT2D eigenvalue weighted by Gasteiger charge is -2.10. The normalized spacial score (nSPS) is 15.4. The number of fused-ring (bicyclic) bond motifs is 1. The number of carboxylic acids is 1. The highest BCUT2D eigenvalue weighted by atomic mass is 16.5. The van der Waals surface area contributed by atoms with Crippen LogP contribution in [0.1, 0.15) is 23.2 Å². The summed E-state index contributed by atoms with van der Waals surface area (Å²) in [5, 5.41) is 8.69. The number of carboxylic acid groups (broad SMARTS) is 1. The second-order valence-corrected chi connectivity index (χ2v) is 4.28. The van der Waals surface area contributed by atoms with Crippen LogP contribution in [0, 0.1) is 0 Å². The zero-order valence-corrected chi connectivity index (χ0v) is 10.3. The van der Waals surface area contributed by atoms with Crippen LogP contribution >= 0.6 is 0 Å². The molecule has 19 heavy (non-hydrogen) atoms. The maximum Gasteiger partial charge on any atom is 0.320 e. The smallest absolute Gasteiger partial charge is 0.320 e. The number of aliphatic carboxylic acids is 1. The van der Waals surface area contributed by atoms with Crippen LogP contribution < -0.4 is 15.2 Å². The van der Waals surface area contributed by atoms with E-state index in [2.05, 4.69) is 0 Å². The van der Waals surface area contributed by atoms with Crippen molar-refractivity contribution >= 4 is 11.8 Å². The third kappa shape index (κ3) is 3.23. The highest BCUT2D eigenvalue weighted by molar-refractivity contribution is 5.99. The van der Waals surface area contributed by atoms with Crippen molar-refractivity contribution in [1.29, 1.82) is 0 Å². The SMILES string of the molecule is N[C@H](CC(=O)c1ccc2c(c1)OCCCO2)C(=O)O. The lowest BCUT2D eigenvalue weighted by atomic mass is 10.0. The summed E-state index contributed by atoms with van der Waals surface area (Å²) in [5.74, 6) is -0.419. The maximum atomic E-state index is 11.9. The first kappa shape index (κ1) is 13.4. The number of hydrogen-bond donors (Lipinski definition) is 2. The van der Waals surface area contributed by atoms with Crippen LogP contribution in [-0.4, -0.2) is 36.1 Å². The quantitative estimate of drug-likeness (QED) is 0.782. The van der Waals surface area contributed by atoms with E-state index in [1.807, 2.05) is 0 Å². The number of ketones is 1. The molecule has 1 atom stereocenters. The van der Waals surface area contributed by atoms with Crippen molar-refractivity contribution in [3.63, 3.8) is 0 Å². The fourth-order valence-corrected chi connectivity index (χ4v) is 1.74. The van der Waals surface area contributed by atoms with Crippen LogP contribution in [0.3, 0.4) is 0 Å². The molecule has 1 heterocycles. The maximum absolute atomic E-state index is 11.9. The topological polar surface area (TPSA) is 98.9 Å². The number of benzene rings is 1. The molecule has 0 fully saturated rings. The summed E-state index contributed by atoms with van der Waals surface area (Å²) in [6, 6.07) is 3.62.